The number of sulfonamides is 1. The van der Waals surface area contributed by atoms with Crippen LogP contribution in [0.1, 0.15) is 74.9 Å². The van der Waals surface area contributed by atoms with E-state index in [1.54, 1.807) is 32.9 Å². The van der Waals surface area contributed by atoms with E-state index in [1.807, 2.05) is 27.7 Å². The van der Waals surface area contributed by atoms with E-state index >= 15 is 0 Å². The van der Waals surface area contributed by atoms with Crippen molar-refractivity contribution in [1.29, 1.82) is 0 Å². The Hall–Kier alpha value is -1.61. The Bertz CT molecular complexity index is 1020. The molecule has 0 aliphatic rings. The maximum atomic E-state index is 12.8. The highest BCUT2D eigenvalue weighted by molar-refractivity contribution is 7.92. The predicted molar refractivity (Wildman–Crippen MR) is 123 cm³/mol. The van der Waals surface area contributed by atoms with E-state index in [9.17, 15) is 18.3 Å². The van der Waals surface area contributed by atoms with Gasteiger partial charge in [-0.1, -0.05) is 39.3 Å². The first-order chi connectivity index (χ1) is 13.6. The molecule has 0 aliphatic carbocycles. The molecule has 1 aromatic heterocycles. The molecule has 0 unspecified atom stereocenters. The summed E-state index contributed by atoms with van der Waals surface area (Å²) in [4.78, 5) is 13.3. The molecule has 0 fully saturated rings. The van der Waals surface area contributed by atoms with Gasteiger partial charge in [-0.05, 0) is 67.5 Å². The number of halogens is 1. The first kappa shape index (κ1) is 24.7. The van der Waals surface area contributed by atoms with E-state index in [0.29, 0.717) is 21.2 Å². The van der Waals surface area contributed by atoms with Gasteiger partial charge in [-0.15, -0.1) is 11.3 Å². The minimum atomic E-state index is -4.10. The molecule has 0 spiro atoms. The van der Waals surface area contributed by atoms with Gasteiger partial charge < -0.3 is 10.4 Å². The normalized spacial score (nSPS) is 12.5. The highest BCUT2D eigenvalue weighted by Crippen LogP contribution is 2.36. The number of aryl methyl sites for hydroxylation is 1. The first-order valence-electron chi connectivity index (χ1n) is 9.64. The van der Waals surface area contributed by atoms with Gasteiger partial charge in [0.25, 0.3) is 10.0 Å². The second-order valence-electron chi connectivity index (χ2n) is 8.42. The van der Waals surface area contributed by atoms with E-state index in [2.05, 4.69) is 10.0 Å². The smallest absolute Gasteiger partial charge is 0.333 e. The zero-order valence-corrected chi connectivity index (χ0v) is 20.6. The van der Waals surface area contributed by atoms with Crippen LogP contribution in [0.25, 0.3) is 0 Å². The van der Waals surface area contributed by atoms with Crippen molar-refractivity contribution in [3.05, 3.63) is 44.8 Å². The van der Waals surface area contributed by atoms with Crippen molar-refractivity contribution < 1.29 is 18.3 Å². The van der Waals surface area contributed by atoms with Crippen LogP contribution in [0.4, 0.5) is 10.5 Å². The lowest BCUT2D eigenvalue weighted by Gasteiger charge is -2.21. The van der Waals surface area contributed by atoms with Crippen LogP contribution in [0.3, 0.4) is 0 Å². The Morgan fingerprint density at radius 2 is 1.60 bits per heavy atom. The molecule has 0 bridgehead atoms. The molecule has 1 aromatic carbocycles. The Morgan fingerprint density at radius 1 is 1.10 bits per heavy atom. The van der Waals surface area contributed by atoms with Crippen LogP contribution in [0, 0.1) is 6.92 Å². The fourth-order valence-corrected chi connectivity index (χ4v) is 5.95. The van der Waals surface area contributed by atoms with Crippen LogP contribution in [0.15, 0.2) is 22.4 Å². The molecule has 2 rings (SSSR count). The number of benzene rings is 1. The summed E-state index contributed by atoms with van der Waals surface area (Å²) in [5, 5.41) is 13.5. The molecule has 0 radical (unpaired) electrons. The van der Waals surface area contributed by atoms with E-state index in [-0.39, 0.29) is 16.0 Å². The number of aliphatic hydroxyl groups is 1. The quantitative estimate of drug-likeness (QED) is 0.502. The minimum Gasteiger partial charge on any atom is -0.386 e. The Labute approximate surface area is 187 Å². The maximum absolute atomic E-state index is 12.8. The van der Waals surface area contributed by atoms with Gasteiger partial charge >= 0.3 is 6.03 Å². The SMILES string of the molecule is Cc1sc(S(=O)(=O)NC(=O)Nc2c(C(C)C)cc(Cl)cc2C(C)C)cc1C(C)(C)O. The first-order valence-corrected chi connectivity index (χ1v) is 12.3. The summed E-state index contributed by atoms with van der Waals surface area (Å²) in [7, 11) is -4.10. The lowest BCUT2D eigenvalue weighted by molar-refractivity contribution is 0.0783. The second kappa shape index (κ2) is 8.86. The van der Waals surface area contributed by atoms with Crippen molar-refractivity contribution in [2.45, 2.75) is 70.1 Å². The number of thiophene rings is 1. The van der Waals surface area contributed by atoms with Crippen molar-refractivity contribution in [3.63, 3.8) is 0 Å². The fraction of sp³-hybridized carbons (Fsp3) is 0.476. The third-order valence-corrected chi connectivity index (χ3v) is 7.77. The molecule has 0 saturated heterocycles. The lowest BCUT2D eigenvalue weighted by atomic mass is 9.92. The minimum absolute atomic E-state index is 0.0310. The zero-order valence-electron chi connectivity index (χ0n) is 18.3. The van der Waals surface area contributed by atoms with E-state index in [4.69, 9.17) is 11.6 Å². The number of carbonyl (C=O) groups excluding carboxylic acids is 1. The molecule has 0 saturated carbocycles. The molecule has 1 heterocycles. The Kier molecular flexibility index (Phi) is 7.29. The number of amides is 2. The number of hydrogen-bond acceptors (Lipinski definition) is 5. The van der Waals surface area contributed by atoms with Gasteiger partial charge in [-0.25, -0.2) is 17.9 Å². The van der Waals surface area contributed by atoms with E-state index in [1.165, 1.54) is 6.07 Å². The van der Waals surface area contributed by atoms with Crippen molar-refractivity contribution in [1.82, 2.24) is 4.72 Å². The Balaban J connectivity index is 2.36. The van der Waals surface area contributed by atoms with Crippen LogP contribution in [0.5, 0.6) is 0 Å². The summed E-state index contributed by atoms with van der Waals surface area (Å²) < 4.78 is 27.6. The highest BCUT2D eigenvalue weighted by Gasteiger charge is 2.27. The average molecular weight is 473 g/mol. The van der Waals surface area contributed by atoms with E-state index in [0.717, 1.165) is 22.5 Å². The maximum Gasteiger partial charge on any atom is 0.333 e. The number of hydrogen-bond donors (Lipinski definition) is 3. The monoisotopic (exact) mass is 472 g/mol. The topological polar surface area (TPSA) is 95.5 Å². The molecule has 0 atom stereocenters. The van der Waals surface area contributed by atoms with Crippen LogP contribution in [-0.4, -0.2) is 19.6 Å². The molecule has 0 aliphatic heterocycles. The zero-order chi connectivity index (χ0) is 23.0. The Morgan fingerprint density at radius 3 is 2.00 bits per heavy atom. The number of rotatable bonds is 6. The molecule has 6 nitrogen and oxygen atoms in total. The average Bonchev–Trinajstić information content (AvgIpc) is 2.98. The van der Waals surface area contributed by atoms with Gasteiger partial charge in [0.2, 0.25) is 0 Å². The van der Waals surface area contributed by atoms with Crippen LogP contribution >= 0.6 is 22.9 Å². The summed E-state index contributed by atoms with van der Waals surface area (Å²) in [6.45, 7) is 12.8. The van der Waals surface area contributed by atoms with Crippen LogP contribution < -0.4 is 10.0 Å². The summed E-state index contributed by atoms with van der Waals surface area (Å²) in [5.41, 5.74) is 1.55. The third kappa shape index (κ3) is 5.55. The fourth-order valence-electron chi connectivity index (χ4n) is 3.21. The lowest BCUT2D eigenvalue weighted by Crippen LogP contribution is -2.34. The molecular weight excluding hydrogens is 444 g/mol. The summed E-state index contributed by atoms with van der Waals surface area (Å²) in [6, 6.07) is 4.11. The third-order valence-electron chi connectivity index (χ3n) is 4.69. The van der Waals surface area contributed by atoms with Gasteiger partial charge in [0.15, 0.2) is 0 Å². The molecule has 3 N–H and O–H groups in total. The van der Waals surface area contributed by atoms with Crippen molar-refractivity contribution in [2.24, 2.45) is 0 Å². The van der Waals surface area contributed by atoms with Gasteiger partial charge in [0.1, 0.15) is 4.21 Å². The highest BCUT2D eigenvalue weighted by atomic mass is 35.5. The summed E-state index contributed by atoms with van der Waals surface area (Å²) >= 11 is 7.25. The van der Waals surface area contributed by atoms with Crippen molar-refractivity contribution in [2.75, 3.05) is 5.32 Å². The molecule has 30 heavy (non-hydrogen) atoms. The van der Waals surface area contributed by atoms with Crippen molar-refractivity contribution in [3.8, 4) is 0 Å². The van der Waals surface area contributed by atoms with Gasteiger partial charge in [0, 0.05) is 15.6 Å². The van der Waals surface area contributed by atoms with Gasteiger partial charge in [-0.3, -0.25) is 0 Å². The second-order valence-corrected chi connectivity index (χ2v) is 12.0. The number of urea groups is 1. The van der Waals surface area contributed by atoms with E-state index < -0.39 is 21.7 Å². The largest absolute Gasteiger partial charge is 0.386 e. The standard InChI is InChI=1S/C21H29ClN2O4S2/c1-11(2)15-8-14(22)9-16(12(3)4)19(15)23-20(25)24-30(27,28)18-10-17(13(5)29-18)21(6,7)26/h8-12,26H,1-7H3,(H2,23,24,25). The predicted octanol–water partition coefficient (Wildman–Crippen LogP) is 5.69. The molecular formula is C21H29ClN2O4S2. The summed E-state index contributed by atoms with van der Waals surface area (Å²) in [6.07, 6.45) is 0. The summed E-state index contributed by atoms with van der Waals surface area (Å²) in [5.74, 6) is 0.143. The number of nitrogens with one attached hydrogen (secondary N) is 2. The number of anilines is 1. The van der Waals surface area contributed by atoms with Gasteiger partial charge in [-0.2, -0.15) is 0 Å². The number of carbonyl (C=O) groups is 1. The van der Waals surface area contributed by atoms with Crippen molar-refractivity contribution >= 4 is 44.7 Å². The molecule has 166 valence electrons. The van der Waals surface area contributed by atoms with Crippen LogP contribution in [-0.2, 0) is 15.6 Å². The molecule has 2 aromatic rings. The molecule has 2 amide bonds. The van der Waals surface area contributed by atoms with Crippen LogP contribution in [0.2, 0.25) is 5.02 Å². The van der Waals surface area contributed by atoms with Gasteiger partial charge in [0.05, 0.1) is 5.60 Å². The molecule has 9 heteroatoms.